The maximum atomic E-state index is 8.30. The van der Waals surface area contributed by atoms with Crippen LogP contribution in [-0.4, -0.2) is 9.97 Å². The molecule has 3 heterocycles. The fourth-order valence-corrected chi connectivity index (χ4v) is 4.57. The third-order valence-electron chi connectivity index (χ3n) is 6.73. The van der Waals surface area contributed by atoms with Crippen molar-refractivity contribution in [1.82, 2.24) is 9.97 Å². The third-order valence-corrected chi connectivity index (χ3v) is 6.73. The van der Waals surface area contributed by atoms with Crippen molar-refractivity contribution in [2.75, 3.05) is 0 Å². The normalized spacial score (nSPS) is 12.4. The quantitative estimate of drug-likeness (QED) is 0.166. The molecule has 0 spiro atoms. The minimum Gasteiger partial charge on any atom is -0.500 e. The van der Waals surface area contributed by atoms with Gasteiger partial charge in [0.05, 0.1) is 5.58 Å². The molecule has 209 valence electrons. The average molecular weight is 726 g/mol. The summed E-state index contributed by atoms with van der Waals surface area (Å²) in [6, 6.07) is 42.5. The molecule has 4 aromatic carbocycles. The summed E-state index contributed by atoms with van der Waals surface area (Å²) < 4.78 is 30.6. The zero-order chi connectivity index (χ0) is 30.7. The maximum absolute atomic E-state index is 8.30. The van der Waals surface area contributed by atoms with Crippen molar-refractivity contribution in [2.24, 2.45) is 0 Å². The van der Waals surface area contributed by atoms with Gasteiger partial charge in [-0.3, -0.25) is 0 Å². The van der Waals surface area contributed by atoms with E-state index in [0.717, 1.165) is 50.0 Å². The molecule has 42 heavy (non-hydrogen) atoms. The average Bonchev–Trinajstić information content (AvgIpc) is 3.44. The predicted octanol–water partition coefficient (Wildman–Crippen LogP) is 9.71. The van der Waals surface area contributed by atoms with Gasteiger partial charge in [-0.15, -0.1) is 59.7 Å². The van der Waals surface area contributed by atoms with Crippen molar-refractivity contribution in [3.63, 3.8) is 0 Å². The molecule has 4 heteroatoms. The number of benzene rings is 4. The van der Waals surface area contributed by atoms with E-state index in [1.165, 1.54) is 0 Å². The third kappa shape index (κ3) is 6.74. The van der Waals surface area contributed by atoms with Gasteiger partial charge in [0.15, 0.2) is 0 Å². The van der Waals surface area contributed by atoms with Gasteiger partial charge in [0.1, 0.15) is 5.58 Å². The van der Waals surface area contributed by atoms with Crippen LogP contribution in [-0.2, 0) is 26.5 Å². The van der Waals surface area contributed by atoms with Gasteiger partial charge in [-0.1, -0.05) is 91.5 Å². The standard InChI is InChI=1S/C20H16NO.C18H14N.Ir/c1-13(2)14-9-10-21-18(12-14)15-7-8-20-17(11-15)16-5-3-4-6-19(16)22-20;1-3-7-15(8-4-1)13-16-11-12-18(19-14-16)17-9-5-2-6-10-17;/h3-6,8-13H,1-2H3;1-9,11-12,14H,13H2;/q2*-1;/i13D;13D2;. The molecule has 0 unspecified atom stereocenters. The Morgan fingerprint density at radius 1 is 0.738 bits per heavy atom. The van der Waals surface area contributed by atoms with Crippen molar-refractivity contribution in [3.8, 4) is 22.5 Å². The monoisotopic (exact) mass is 726 g/mol. The van der Waals surface area contributed by atoms with E-state index in [4.69, 9.17) is 8.53 Å². The summed E-state index contributed by atoms with van der Waals surface area (Å²) in [6.45, 7) is 3.76. The molecule has 0 bridgehead atoms. The Morgan fingerprint density at radius 3 is 2.31 bits per heavy atom. The van der Waals surface area contributed by atoms with E-state index >= 15 is 0 Å². The number of rotatable bonds is 5. The van der Waals surface area contributed by atoms with Gasteiger partial charge >= 0.3 is 0 Å². The molecule has 0 atom stereocenters. The summed E-state index contributed by atoms with van der Waals surface area (Å²) in [4.78, 5) is 8.82. The van der Waals surface area contributed by atoms with Crippen LogP contribution in [0.3, 0.4) is 0 Å². The van der Waals surface area contributed by atoms with Gasteiger partial charge in [-0.05, 0) is 46.9 Å². The number of pyridine rings is 2. The van der Waals surface area contributed by atoms with E-state index in [1.807, 2.05) is 98.8 Å². The maximum Gasteiger partial charge on any atom is 0.120 e. The predicted molar refractivity (Wildman–Crippen MR) is 168 cm³/mol. The Hall–Kier alpha value is -4.37. The minimum atomic E-state index is -1.55. The Kier molecular flexibility index (Phi) is 8.16. The summed E-state index contributed by atoms with van der Waals surface area (Å²) in [6.07, 6.45) is 1.81. The van der Waals surface area contributed by atoms with Crippen LogP contribution in [0.25, 0.3) is 44.5 Å². The van der Waals surface area contributed by atoms with E-state index in [9.17, 15) is 0 Å². The summed E-state index contributed by atoms with van der Waals surface area (Å²) >= 11 is 0. The minimum absolute atomic E-state index is 0. The number of nitrogens with zero attached hydrogens (tertiary/aromatic N) is 2. The second-order valence-corrected chi connectivity index (χ2v) is 9.85. The first-order chi connectivity index (χ1) is 21.2. The number of fused-ring (bicyclic) bond motifs is 3. The molecule has 1 radical (unpaired) electrons. The number of para-hydroxylation sites is 1. The summed E-state index contributed by atoms with van der Waals surface area (Å²) in [7, 11) is 0. The Labute approximate surface area is 264 Å². The fraction of sp³-hybridized carbons (Fsp3) is 0.105. The van der Waals surface area contributed by atoms with Gasteiger partial charge in [-0.25, -0.2) is 0 Å². The second-order valence-electron chi connectivity index (χ2n) is 9.85. The van der Waals surface area contributed by atoms with Crippen molar-refractivity contribution in [2.45, 2.75) is 26.1 Å². The van der Waals surface area contributed by atoms with Crippen molar-refractivity contribution < 1.29 is 28.6 Å². The molecule has 0 aliphatic carbocycles. The van der Waals surface area contributed by atoms with Gasteiger partial charge < -0.3 is 14.4 Å². The van der Waals surface area contributed by atoms with Gasteiger partial charge in [0, 0.05) is 42.0 Å². The second kappa shape index (κ2) is 13.5. The van der Waals surface area contributed by atoms with Crippen LogP contribution in [0.5, 0.6) is 0 Å². The Morgan fingerprint density at radius 2 is 1.55 bits per heavy atom. The van der Waals surface area contributed by atoms with Gasteiger partial charge in [-0.2, -0.15) is 0 Å². The summed E-state index contributed by atoms with van der Waals surface area (Å²) in [5.74, 6) is -0.649. The number of aromatic nitrogens is 2. The molecule has 3 nitrogen and oxygen atoms in total. The molecule has 0 N–H and O–H groups in total. The molecule has 3 aromatic heterocycles. The largest absolute Gasteiger partial charge is 0.500 e. The van der Waals surface area contributed by atoms with E-state index in [0.29, 0.717) is 11.1 Å². The number of furan rings is 1. The van der Waals surface area contributed by atoms with Crippen molar-refractivity contribution in [1.29, 1.82) is 0 Å². The fourth-order valence-electron chi connectivity index (χ4n) is 4.57. The molecular formula is C38H30IrN2O-2. The number of hydrogen-bond acceptors (Lipinski definition) is 3. The molecule has 0 fully saturated rings. The first kappa shape index (κ1) is 25.3. The first-order valence-electron chi connectivity index (χ1n) is 15.0. The molecule has 0 aliphatic rings. The van der Waals surface area contributed by atoms with E-state index < -0.39 is 12.3 Å². The molecule has 7 rings (SSSR count). The first-order valence-corrected chi connectivity index (χ1v) is 13.5. The smallest absolute Gasteiger partial charge is 0.120 e. The van der Waals surface area contributed by atoms with Crippen LogP contribution < -0.4 is 0 Å². The Balaban J connectivity index is 0.000000175. The molecule has 0 saturated carbocycles. The van der Waals surface area contributed by atoms with E-state index in [-0.39, 0.29) is 20.1 Å². The van der Waals surface area contributed by atoms with Crippen LogP contribution in [0, 0.1) is 12.1 Å². The van der Waals surface area contributed by atoms with Crippen molar-refractivity contribution in [3.05, 3.63) is 156 Å². The summed E-state index contributed by atoms with van der Waals surface area (Å²) in [5.41, 5.74) is 7.26. The van der Waals surface area contributed by atoms with Gasteiger partial charge in [0.25, 0.3) is 0 Å². The van der Waals surface area contributed by atoms with Crippen molar-refractivity contribution >= 4 is 21.9 Å². The van der Waals surface area contributed by atoms with E-state index in [1.54, 1.807) is 30.6 Å². The topological polar surface area (TPSA) is 38.9 Å². The molecular weight excluding hydrogens is 693 g/mol. The zero-order valence-corrected chi connectivity index (χ0v) is 25.7. The molecule has 0 amide bonds. The van der Waals surface area contributed by atoms with Crippen LogP contribution in [0.4, 0.5) is 0 Å². The van der Waals surface area contributed by atoms with Gasteiger partial charge in [0.2, 0.25) is 0 Å². The molecule has 7 aromatic rings. The zero-order valence-electron chi connectivity index (χ0n) is 26.3. The molecule has 0 aliphatic heterocycles. The van der Waals surface area contributed by atoms with Crippen LogP contribution >= 0.6 is 0 Å². The SMILES string of the molecule is [2H]C(C)(C)c1ccnc(-c2[c-]cc3oc4ccccc4c3c2)c1.[2H]C([2H])(c1ccccc1)c1ccc(-c2[c-]cccc2)nc1.[Ir]. The van der Waals surface area contributed by atoms with Crippen LogP contribution in [0.2, 0.25) is 0 Å². The summed E-state index contributed by atoms with van der Waals surface area (Å²) in [5, 5.41) is 2.15. The Bertz CT molecular complexity index is 2020. The van der Waals surface area contributed by atoms with Crippen LogP contribution in [0.1, 0.15) is 40.5 Å². The van der Waals surface area contributed by atoms with E-state index in [2.05, 4.69) is 34.2 Å². The number of hydrogen-bond donors (Lipinski definition) is 0. The molecule has 0 saturated heterocycles. The van der Waals surface area contributed by atoms with Crippen LogP contribution in [0.15, 0.2) is 132 Å².